The van der Waals surface area contributed by atoms with E-state index in [1.54, 1.807) is 11.4 Å². The van der Waals surface area contributed by atoms with Gasteiger partial charge in [-0.05, 0) is 19.3 Å². The summed E-state index contributed by atoms with van der Waals surface area (Å²) in [6.07, 6.45) is 7.95. The Kier molecular flexibility index (Phi) is 3.87. The molecule has 2 fully saturated rings. The average molecular weight is 246 g/mol. The number of nitrogens with zero attached hydrogens (tertiary/aromatic N) is 2. The highest BCUT2D eigenvalue weighted by atomic mass is 32.2. The van der Waals surface area contributed by atoms with Gasteiger partial charge in [0.25, 0.3) is 10.2 Å². The van der Waals surface area contributed by atoms with Gasteiger partial charge in [0.15, 0.2) is 0 Å². The van der Waals surface area contributed by atoms with E-state index >= 15 is 0 Å². The van der Waals surface area contributed by atoms with Gasteiger partial charge in [-0.2, -0.15) is 17.0 Å². The maximum atomic E-state index is 12.2. The fourth-order valence-corrected chi connectivity index (χ4v) is 4.44. The summed E-state index contributed by atoms with van der Waals surface area (Å²) in [4.78, 5) is 0. The average Bonchev–Trinajstić information content (AvgIpc) is 2.50. The van der Waals surface area contributed by atoms with Crippen molar-refractivity contribution in [2.24, 2.45) is 0 Å². The first kappa shape index (κ1) is 12.3. The Morgan fingerprint density at radius 2 is 1.56 bits per heavy atom. The minimum absolute atomic E-state index is 0.259. The van der Waals surface area contributed by atoms with Crippen molar-refractivity contribution >= 4 is 10.2 Å². The van der Waals surface area contributed by atoms with Crippen LogP contribution < -0.4 is 0 Å². The number of hydrogen-bond acceptors (Lipinski definition) is 2. The van der Waals surface area contributed by atoms with Crippen molar-refractivity contribution in [1.29, 1.82) is 0 Å². The smallest absolute Gasteiger partial charge is 0.195 e. The van der Waals surface area contributed by atoms with Crippen molar-refractivity contribution in [3.8, 4) is 0 Å². The second-order valence-corrected chi connectivity index (χ2v) is 6.93. The molecule has 2 rings (SSSR count). The van der Waals surface area contributed by atoms with Crippen LogP contribution in [0.5, 0.6) is 0 Å². The molecule has 5 heteroatoms. The summed E-state index contributed by atoms with van der Waals surface area (Å²) in [6.45, 7) is 1.39. The molecular formula is C11H22N2O2S. The van der Waals surface area contributed by atoms with Crippen LogP contribution in [-0.2, 0) is 10.2 Å². The Morgan fingerprint density at radius 3 is 2.19 bits per heavy atom. The van der Waals surface area contributed by atoms with Crippen LogP contribution in [0.2, 0.25) is 0 Å². The largest absolute Gasteiger partial charge is 0.281 e. The van der Waals surface area contributed by atoms with Crippen LogP contribution in [0.25, 0.3) is 0 Å². The highest BCUT2D eigenvalue weighted by molar-refractivity contribution is 7.86. The molecule has 0 atom stereocenters. The molecule has 0 unspecified atom stereocenters. The molecule has 1 saturated carbocycles. The van der Waals surface area contributed by atoms with Crippen LogP contribution in [-0.4, -0.2) is 43.2 Å². The standard InChI is InChI=1S/C11H22N2O2S/c1-12-9-6-10-13(16(12,14)15)11-7-4-2-3-5-8-11/h11H,2-10H2,1H3. The van der Waals surface area contributed by atoms with Crippen molar-refractivity contribution in [3.63, 3.8) is 0 Å². The molecule has 0 bridgehead atoms. The lowest BCUT2D eigenvalue weighted by molar-refractivity contribution is 0.238. The molecule has 0 spiro atoms. The molecule has 0 aromatic carbocycles. The summed E-state index contributed by atoms with van der Waals surface area (Å²) in [6, 6.07) is 0.259. The van der Waals surface area contributed by atoms with Gasteiger partial charge in [-0.1, -0.05) is 25.7 Å². The fourth-order valence-electron chi connectivity index (χ4n) is 2.78. The lowest BCUT2D eigenvalue weighted by Gasteiger charge is -2.37. The van der Waals surface area contributed by atoms with E-state index in [0.29, 0.717) is 6.54 Å². The molecule has 1 heterocycles. The number of hydrogen-bond donors (Lipinski definition) is 0. The van der Waals surface area contributed by atoms with Crippen molar-refractivity contribution in [3.05, 3.63) is 0 Å². The first-order valence-corrected chi connectivity index (χ1v) is 7.75. The predicted molar refractivity (Wildman–Crippen MR) is 64.4 cm³/mol. The minimum atomic E-state index is -3.15. The highest BCUT2D eigenvalue weighted by Crippen LogP contribution is 2.27. The summed E-state index contributed by atoms with van der Waals surface area (Å²) in [5, 5.41) is 0. The van der Waals surface area contributed by atoms with E-state index < -0.39 is 10.2 Å². The zero-order valence-electron chi connectivity index (χ0n) is 10.1. The summed E-state index contributed by atoms with van der Waals surface area (Å²) < 4.78 is 27.6. The zero-order chi connectivity index (χ0) is 11.6. The Bertz CT molecular complexity index is 321. The summed E-state index contributed by atoms with van der Waals surface area (Å²) in [7, 11) is -1.46. The first-order chi connectivity index (χ1) is 7.62. The zero-order valence-corrected chi connectivity index (χ0v) is 10.9. The Morgan fingerprint density at radius 1 is 0.938 bits per heavy atom. The van der Waals surface area contributed by atoms with E-state index in [2.05, 4.69) is 0 Å². The molecule has 1 aliphatic carbocycles. The Hall–Kier alpha value is -0.130. The maximum Gasteiger partial charge on any atom is 0.281 e. The van der Waals surface area contributed by atoms with Crippen molar-refractivity contribution in [2.45, 2.75) is 51.0 Å². The SMILES string of the molecule is CN1CCCN(C2CCCCCC2)S1(=O)=O. The van der Waals surface area contributed by atoms with Gasteiger partial charge < -0.3 is 0 Å². The second-order valence-electron chi connectivity index (χ2n) is 4.94. The van der Waals surface area contributed by atoms with Crippen molar-refractivity contribution in [1.82, 2.24) is 8.61 Å². The van der Waals surface area contributed by atoms with Crippen molar-refractivity contribution < 1.29 is 8.42 Å². The first-order valence-electron chi connectivity index (χ1n) is 6.35. The van der Waals surface area contributed by atoms with Crippen LogP contribution in [0.4, 0.5) is 0 Å². The summed E-state index contributed by atoms with van der Waals surface area (Å²) in [5.41, 5.74) is 0. The molecule has 94 valence electrons. The third kappa shape index (κ3) is 2.41. The summed E-state index contributed by atoms with van der Waals surface area (Å²) >= 11 is 0. The Balaban J connectivity index is 2.11. The molecule has 1 aliphatic heterocycles. The molecule has 4 nitrogen and oxygen atoms in total. The highest BCUT2D eigenvalue weighted by Gasteiger charge is 2.35. The third-order valence-corrected chi connectivity index (χ3v) is 5.82. The summed E-state index contributed by atoms with van der Waals surface area (Å²) in [5.74, 6) is 0. The lowest BCUT2D eigenvalue weighted by atomic mass is 10.1. The van der Waals surface area contributed by atoms with E-state index in [4.69, 9.17) is 0 Å². The van der Waals surface area contributed by atoms with Gasteiger partial charge in [-0.3, -0.25) is 0 Å². The van der Waals surface area contributed by atoms with E-state index in [1.807, 2.05) is 0 Å². The number of rotatable bonds is 1. The second kappa shape index (κ2) is 5.02. The lowest BCUT2D eigenvalue weighted by Crippen LogP contribution is -2.51. The van der Waals surface area contributed by atoms with E-state index in [-0.39, 0.29) is 6.04 Å². The van der Waals surface area contributed by atoms with Crippen molar-refractivity contribution in [2.75, 3.05) is 20.1 Å². The maximum absolute atomic E-state index is 12.2. The van der Waals surface area contributed by atoms with E-state index in [0.717, 1.165) is 25.8 Å². The normalized spacial score (nSPS) is 30.1. The molecule has 16 heavy (non-hydrogen) atoms. The van der Waals surface area contributed by atoms with E-state index in [1.165, 1.54) is 30.0 Å². The molecule has 1 saturated heterocycles. The quantitative estimate of drug-likeness (QED) is 0.659. The fraction of sp³-hybridized carbons (Fsp3) is 1.00. The molecule has 0 amide bonds. The topological polar surface area (TPSA) is 40.6 Å². The minimum Gasteiger partial charge on any atom is -0.195 e. The molecule has 0 aromatic rings. The van der Waals surface area contributed by atoms with Gasteiger partial charge in [-0.25, -0.2) is 0 Å². The predicted octanol–water partition coefficient (Wildman–Crippen LogP) is 1.59. The van der Waals surface area contributed by atoms with Gasteiger partial charge in [0.05, 0.1) is 0 Å². The molecule has 0 N–H and O–H groups in total. The van der Waals surface area contributed by atoms with Crippen LogP contribution in [0.15, 0.2) is 0 Å². The van der Waals surface area contributed by atoms with Gasteiger partial charge in [0.1, 0.15) is 0 Å². The van der Waals surface area contributed by atoms with Gasteiger partial charge in [-0.15, -0.1) is 0 Å². The van der Waals surface area contributed by atoms with Crippen LogP contribution in [0, 0.1) is 0 Å². The van der Waals surface area contributed by atoms with Gasteiger partial charge >= 0.3 is 0 Å². The van der Waals surface area contributed by atoms with Crippen LogP contribution in [0.3, 0.4) is 0 Å². The van der Waals surface area contributed by atoms with Gasteiger partial charge in [0, 0.05) is 26.2 Å². The molecule has 0 aromatic heterocycles. The molecular weight excluding hydrogens is 224 g/mol. The third-order valence-electron chi connectivity index (χ3n) is 3.77. The monoisotopic (exact) mass is 246 g/mol. The van der Waals surface area contributed by atoms with Gasteiger partial charge in [0.2, 0.25) is 0 Å². The molecule has 2 aliphatic rings. The molecule has 0 radical (unpaired) electrons. The van der Waals surface area contributed by atoms with Crippen LogP contribution in [0.1, 0.15) is 44.9 Å². The van der Waals surface area contributed by atoms with E-state index in [9.17, 15) is 8.42 Å². The van der Waals surface area contributed by atoms with Crippen LogP contribution >= 0.6 is 0 Å². The Labute approximate surface area is 98.8 Å².